The molecule has 0 aliphatic rings. The molecule has 0 saturated carbocycles. The maximum absolute atomic E-state index is 12.9. The monoisotopic (exact) mass is 1230 g/mol. The maximum atomic E-state index is 12.9. The lowest BCUT2D eigenvalue weighted by Crippen LogP contribution is -2.30. The second kappa shape index (κ2) is 59.5. The minimum atomic E-state index is -4.95. The molecule has 4 N–H and O–H groups in total. The molecule has 5 atom stereocenters. The third-order valence-electron chi connectivity index (χ3n) is 11.7. The Labute approximate surface area is 510 Å². The Morgan fingerprint density at radius 2 is 0.659 bits per heavy atom. The van der Waals surface area contributed by atoms with Crippen LogP contribution in [0.5, 0.6) is 0 Å². The molecule has 0 aliphatic heterocycles. The number of allylic oxidation sites excluding steroid dienone is 26. The predicted octanol–water partition coefficient (Wildman–Crippen LogP) is 16.4. The Balaban J connectivity index is 4.81. The summed E-state index contributed by atoms with van der Waals surface area (Å²) in [5, 5.41) is 20.5. The highest BCUT2D eigenvalue weighted by Gasteiger charge is 2.29. The lowest BCUT2D eigenvalue weighted by molar-refractivity contribution is -0.161. The van der Waals surface area contributed by atoms with Gasteiger partial charge in [-0.05, 0) is 122 Å². The molecule has 0 aromatic rings. The molecule has 5 unspecified atom stereocenters. The van der Waals surface area contributed by atoms with Gasteiger partial charge in [-0.2, -0.15) is 0 Å². The van der Waals surface area contributed by atoms with E-state index in [4.69, 9.17) is 32.3 Å². The third kappa shape index (κ3) is 60.6. The quantitative estimate of drug-likeness (QED) is 0.0146. The minimum absolute atomic E-state index is 0.0532. The summed E-state index contributed by atoms with van der Waals surface area (Å²) in [6.07, 6.45) is 70.5. The van der Waals surface area contributed by atoms with Crippen molar-refractivity contribution in [1.82, 2.24) is 0 Å². The summed E-state index contributed by atoms with van der Waals surface area (Å²) >= 11 is 0. The fourth-order valence-electron chi connectivity index (χ4n) is 7.08. The molecule has 0 rings (SSSR count). The number of phosphoric acid groups is 2. The number of carbonyl (C=O) groups is 3. The second-order valence-corrected chi connectivity index (χ2v) is 22.6. The first-order chi connectivity index (χ1) is 41.2. The molecule has 0 aromatic carbocycles. The number of aliphatic hydroxyl groups is 2. The number of unbranched alkanes of at least 4 members (excludes halogenated alkanes) is 7. The average molecular weight is 1230 g/mol. The van der Waals surface area contributed by atoms with Crippen LogP contribution in [0, 0.1) is 0 Å². The topological polar surface area (TPSA) is 231 Å². The van der Waals surface area contributed by atoms with Crippen LogP contribution in [0.1, 0.15) is 188 Å². The van der Waals surface area contributed by atoms with Crippen LogP contribution in [0.4, 0.5) is 0 Å². The van der Waals surface area contributed by atoms with Crippen LogP contribution in [0.25, 0.3) is 0 Å². The Morgan fingerprint density at radius 1 is 0.341 bits per heavy atom. The first-order valence-electron chi connectivity index (χ1n) is 30.8. The van der Waals surface area contributed by atoms with Crippen molar-refractivity contribution in [2.24, 2.45) is 0 Å². The Bertz CT molecular complexity index is 2180. The van der Waals surface area contributed by atoms with Crippen LogP contribution in [0.3, 0.4) is 0 Å². The van der Waals surface area contributed by atoms with Crippen LogP contribution in [0.2, 0.25) is 0 Å². The van der Waals surface area contributed by atoms with Crippen molar-refractivity contribution in [3.63, 3.8) is 0 Å². The number of carbonyl (C=O) groups excluding carboxylic acids is 3. The lowest BCUT2D eigenvalue weighted by atomic mass is 10.1. The highest BCUT2D eigenvalue weighted by Crippen LogP contribution is 2.45. The molecule has 0 aliphatic carbocycles. The van der Waals surface area contributed by atoms with Gasteiger partial charge in [0, 0.05) is 19.3 Å². The molecule has 480 valence electrons. The van der Waals surface area contributed by atoms with Crippen molar-refractivity contribution in [3.8, 4) is 0 Å². The van der Waals surface area contributed by atoms with Crippen molar-refractivity contribution >= 4 is 33.6 Å². The Hall–Kier alpha value is -4.83. The van der Waals surface area contributed by atoms with Crippen molar-refractivity contribution < 1.29 is 75.8 Å². The van der Waals surface area contributed by atoms with Crippen molar-refractivity contribution in [2.75, 3.05) is 39.6 Å². The first-order valence-corrected chi connectivity index (χ1v) is 33.8. The largest absolute Gasteiger partial charge is 0.472 e. The normalized spacial score (nSPS) is 15.4. The van der Waals surface area contributed by atoms with Crippen LogP contribution in [-0.4, -0.2) is 95.9 Å². The molecule has 0 bridgehead atoms. The zero-order valence-corrected chi connectivity index (χ0v) is 53.2. The van der Waals surface area contributed by atoms with E-state index in [2.05, 4.69) is 148 Å². The minimum Gasteiger partial charge on any atom is -0.463 e. The lowest BCUT2D eigenvalue weighted by Gasteiger charge is -2.21. The molecular formula is C67H106O16P2. The van der Waals surface area contributed by atoms with E-state index in [-0.39, 0.29) is 19.3 Å². The first kappa shape index (κ1) is 80.2. The molecule has 0 spiro atoms. The molecule has 0 aromatic heterocycles. The van der Waals surface area contributed by atoms with Crippen LogP contribution < -0.4 is 0 Å². The van der Waals surface area contributed by atoms with Crippen molar-refractivity contribution in [1.29, 1.82) is 0 Å². The van der Waals surface area contributed by atoms with Gasteiger partial charge in [-0.25, -0.2) is 9.13 Å². The Kier molecular flexibility index (Phi) is 56.1. The number of rotatable bonds is 56. The number of hydrogen-bond donors (Lipinski definition) is 4. The zero-order valence-electron chi connectivity index (χ0n) is 51.5. The van der Waals surface area contributed by atoms with Gasteiger partial charge in [-0.15, -0.1) is 0 Å². The molecule has 16 nitrogen and oxygen atoms in total. The van der Waals surface area contributed by atoms with E-state index in [0.717, 1.165) is 116 Å². The summed E-state index contributed by atoms with van der Waals surface area (Å²) in [6.45, 7) is 2.13. The summed E-state index contributed by atoms with van der Waals surface area (Å²) < 4.78 is 60.5. The number of aliphatic hydroxyl groups excluding tert-OH is 2. The van der Waals surface area contributed by atoms with E-state index in [1.54, 1.807) is 0 Å². The summed E-state index contributed by atoms with van der Waals surface area (Å²) in [4.78, 5) is 58.1. The van der Waals surface area contributed by atoms with Crippen LogP contribution >= 0.6 is 15.6 Å². The summed E-state index contributed by atoms with van der Waals surface area (Å²) in [7, 11) is -9.82. The zero-order chi connectivity index (χ0) is 62.4. The second-order valence-electron chi connectivity index (χ2n) is 19.7. The highest BCUT2D eigenvalue weighted by molar-refractivity contribution is 7.47. The van der Waals surface area contributed by atoms with Gasteiger partial charge in [-0.3, -0.25) is 32.5 Å². The van der Waals surface area contributed by atoms with Gasteiger partial charge in [0.1, 0.15) is 25.4 Å². The third-order valence-corrected chi connectivity index (χ3v) is 13.6. The molecule has 0 amide bonds. The number of ether oxygens (including phenoxy) is 3. The van der Waals surface area contributed by atoms with Gasteiger partial charge in [-0.1, -0.05) is 204 Å². The smallest absolute Gasteiger partial charge is 0.463 e. The molecule has 0 saturated heterocycles. The van der Waals surface area contributed by atoms with Crippen LogP contribution in [-0.2, 0) is 55.8 Å². The van der Waals surface area contributed by atoms with E-state index in [1.165, 1.54) is 0 Å². The fraction of sp³-hybridized carbons (Fsp3) is 0.567. The van der Waals surface area contributed by atoms with Gasteiger partial charge in [0.25, 0.3) is 0 Å². The van der Waals surface area contributed by atoms with Crippen LogP contribution in [0.15, 0.2) is 158 Å². The molecular weight excluding hydrogens is 1120 g/mol. The highest BCUT2D eigenvalue weighted by atomic mass is 31.2. The van der Waals surface area contributed by atoms with E-state index < -0.39 is 91.5 Å². The molecule has 0 heterocycles. The molecule has 85 heavy (non-hydrogen) atoms. The van der Waals surface area contributed by atoms with Crippen molar-refractivity contribution in [3.05, 3.63) is 158 Å². The van der Waals surface area contributed by atoms with Gasteiger partial charge >= 0.3 is 33.6 Å². The molecule has 0 fully saturated rings. The number of hydrogen-bond acceptors (Lipinski definition) is 14. The summed E-state index contributed by atoms with van der Waals surface area (Å²) in [5.41, 5.74) is 0. The fourth-order valence-corrected chi connectivity index (χ4v) is 8.66. The standard InChI is InChI=1S/C67H106O16P2/c1-4-7-10-13-16-19-22-25-27-29-30-32-34-36-38-41-44-47-50-53-65(70)77-56-62(68)57-79-84(73,74)80-58-63(69)59-81-85(75,76)82-61-64(83-67(72)55-52-49-46-43-40-35-24-21-18-15-12-9-6-3)60-78-66(71)54-51-48-45-42-39-37-33-31-28-26-23-20-17-14-11-8-5-2/h7-8,10-12,15-17,19-21,24-28,30,32-33,36-38,42,44-45,47,62-64,68-69H,4-6,9,13-14,18,22-23,29,31,34-35,39-41,43,46,48-61H2,1-3H3,(H,73,74)(H,75,76)/b10-7-,11-8-,15-12-,19-16-,20-17-,24-21-,27-25-,28-26-,32-30-,37-33-,38-36-,45-42-,47-44-. The van der Waals surface area contributed by atoms with Crippen molar-refractivity contribution in [2.45, 2.75) is 206 Å². The SMILES string of the molecule is CC/C=C\C/C=C\C/C=C\C/C=C\C/C=C\C/C=C\CCC(=O)OCC(O)COP(=O)(O)OCC(O)COP(=O)(O)OCC(COC(=O)CCC/C=C\C/C=C\C/C=C\C/C=C\C/C=C\CC)OC(=O)CCCCCCC/C=C\C/C=C\CCC. The van der Waals surface area contributed by atoms with E-state index in [9.17, 15) is 43.5 Å². The number of phosphoric ester groups is 2. The van der Waals surface area contributed by atoms with Gasteiger partial charge in [0.2, 0.25) is 0 Å². The van der Waals surface area contributed by atoms with Gasteiger partial charge < -0.3 is 34.2 Å². The molecule has 18 heteroatoms. The predicted molar refractivity (Wildman–Crippen MR) is 343 cm³/mol. The Morgan fingerprint density at radius 3 is 1.09 bits per heavy atom. The van der Waals surface area contributed by atoms with Gasteiger partial charge in [0.15, 0.2) is 6.10 Å². The maximum Gasteiger partial charge on any atom is 0.472 e. The number of esters is 3. The van der Waals surface area contributed by atoms with Gasteiger partial charge in [0.05, 0.1) is 26.4 Å². The molecule has 0 radical (unpaired) electrons. The van der Waals surface area contributed by atoms with E-state index in [0.29, 0.717) is 32.1 Å². The average Bonchev–Trinajstić information content (AvgIpc) is 3.51. The summed E-state index contributed by atoms with van der Waals surface area (Å²) in [5.74, 6) is -1.76. The van der Waals surface area contributed by atoms with E-state index >= 15 is 0 Å². The summed E-state index contributed by atoms with van der Waals surface area (Å²) in [6, 6.07) is 0. The van der Waals surface area contributed by atoms with E-state index in [1.807, 2.05) is 30.4 Å².